The summed E-state index contributed by atoms with van der Waals surface area (Å²) in [6.45, 7) is 3.45. The summed E-state index contributed by atoms with van der Waals surface area (Å²) in [7, 11) is 0. The van der Waals surface area contributed by atoms with Crippen molar-refractivity contribution >= 4 is 27.5 Å². The van der Waals surface area contributed by atoms with Gasteiger partial charge < -0.3 is 5.32 Å². The molecular formula is C16H15BrN2O3. The third-order valence-electron chi connectivity index (χ3n) is 3.46. The number of nitro benzene ring substituents is 1. The number of hydrogen-bond donors (Lipinski definition) is 1. The van der Waals surface area contributed by atoms with Crippen molar-refractivity contribution < 1.29 is 9.72 Å². The van der Waals surface area contributed by atoms with E-state index >= 15 is 0 Å². The van der Waals surface area contributed by atoms with Crippen LogP contribution in [0.15, 0.2) is 46.9 Å². The fourth-order valence-corrected chi connectivity index (χ4v) is 2.44. The lowest BCUT2D eigenvalue weighted by Gasteiger charge is -2.15. The Morgan fingerprint density at radius 2 is 1.86 bits per heavy atom. The van der Waals surface area contributed by atoms with Crippen molar-refractivity contribution in [1.82, 2.24) is 5.32 Å². The molecule has 1 unspecified atom stereocenters. The summed E-state index contributed by atoms with van der Waals surface area (Å²) in [5.41, 5.74) is 1.59. The van der Waals surface area contributed by atoms with Crippen LogP contribution in [0.4, 0.5) is 5.69 Å². The predicted octanol–water partition coefficient (Wildman–Crippen LogP) is 4.16. The highest BCUT2D eigenvalue weighted by Crippen LogP contribution is 2.22. The van der Waals surface area contributed by atoms with Gasteiger partial charge >= 0.3 is 0 Å². The van der Waals surface area contributed by atoms with Crippen LogP contribution in [0, 0.1) is 17.0 Å². The maximum absolute atomic E-state index is 12.3. The molecule has 0 heterocycles. The normalized spacial score (nSPS) is 11.8. The Bertz CT molecular complexity index is 714. The summed E-state index contributed by atoms with van der Waals surface area (Å²) in [5, 5.41) is 13.8. The number of hydrogen-bond acceptors (Lipinski definition) is 3. The Labute approximate surface area is 136 Å². The molecule has 0 aromatic heterocycles. The number of carbonyl (C=O) groups excluding carboxylic acids is 1. The molecule has 2 aromatic rings. The Kier molecular flexibility index (Phi) is 4.92. The van der Waals surface area contributed by atoms with E-state index in [0.29, 0.717) is 11.1 Å². The molecule has 0 saturated carbocycles. The van der Waals surface area contributed by atoms with Gasteiger partial charge in [0.05, 0.1) is 11.0 Å². The zero-order valence-electron chi connectivity index (χ0n) is 12.2. The van der Waals surface area contributed by atoms with E-state index < -0.39 is 4.92 Å². The third-order valence-corrected chi connectivity index (χ3v) is 3.99. The highest BCUT2D eigenvalue weighted by atomic mass is 79.9. The minimum absolute atomic E-state index is 0.0519. The Balaban J connectivity index is 2.20. The van der Waals surface area contributed by atoms with Gasteiger partial charge in [-0.25, -0.2) is 0 Å². The van der Waals surface area contributed by atoms with E-state index in [1.165, 1.54) is 12.1 Å². The minimum atomic E-state index is -0.482. The third kappa shape index (κ3) is 3.51. The van der Waals surface area contributed by atoms with E-state index in [9.17, 15) is 14.9 Å². The molecule has 0 aliphatic carbocycles. The van der Waals surface area contributed by atoms with Gasteiger partial charge in [0.1, 0.15) is 0 Å². The van der Waals surface area contributed by atoms with Crippen molar-refractivity contribution in [1.29, 1.82) is 0 Å². The molecule has 0 aliphatic rings. The van der Waals surface area contributed by atoms with Crippen LogP contribution in [0.2, 0.25) is 0 Å². The van der Waals surface area contributed by atoms with Crippen LogP contribution in [0.25, 0.3) is 0 Å². The van der Waals surface area contributed by atoms with Crippen LogP contribution < -0.4 is 5.32 Å². The lowest BCUT2D eigenvalue weighted by molar-refractivity contribution is -0.385. The van der Waals surface area contributed by atoms with Crippen LogP contribution in [-0.2, 0) is 0 Å². The van der Waals surface area contributed by atoms with Crippen molar-refractivity contribution in [3.8, 4) is 0 Å². The molecule has 22 heavy (non-hydrogen) atoms. The highest BCUT2D eigenvalue weighted by Gasteiger charge is 2.19. The summed E-state index contributed by atoms with van der Waals surface area (Å²) >= 11 is 3.36. The van der Waals surface area contributed by atoms with Crippen molar-refractivity contribution in [3.63, 3.8) is 0 Å². The largest absolute Gasteiger partial charge is 0.346 e. The second-order valence-electron chi connectivity index (χ2n) is 4.95. The van der Waals surface area contributed by atoms with Gasteiger partial charge in [-0.05, 0) is 37.6 Å². The summed E-state index contributed by atoms with van der Waals surface area (Å²) in [4.78, 5) is 22.8. The molecule has 2 aromatic carbocycles. The molecule has 0 aliphatic heterocycles. The molecule has 6 heteroatoms. The number of rotatable bonds is 4. The Morgan fingerprint density at radius 1 is 1.23 bits per heavy atom. The molecule has 1 atom stereocenters. The van der Waals surface area contributed by atoms with Gasteiger partial charge in [0, 0.05) is 21.7 Å². The molecule has 0 saturated heterocycles. The van der Waals surface area contributed by atoms with E-state index in [1.54, 1.807) is 13.0 Å². The van der Waals surface area contributed by atoms with Crippen LogP contribution in [-0.4, -0.2) is 10.8 Å². The second kappa shape index (κ2) is 6.70. The first-order chi connectivity index (χ1) is 10.4. The molecular weight excluding hydrogens is 348 g/mol. The first-order valence-electron chi connectivity index (χ1n) is 6.70. The van der Waals surface area contributed by atoms with Crippen molar-refractivity contribution in [2.24, 2.45) is 0 Å². The lowest BCUT2D eigenvalue weighted by atomic mass is 10.0. The number of amides is 1. The highest BCUT2D eigenvalue weighted by molar-refractivity contribution is 9.10. The Morgan fingerprint density at radius 3 is 2.45 bits per heavy atom. The smallest absolute Gasteiger partial charge is 0.273 e. The number of nitrogens with zero attached hydrogens (tertiary/aromatic N) is 1. The van der Waals surface area contributed by atoms with E-state index in [-0.39, 0.29) is 17.6 Å². The molecule has 0 fully saturated rings. The fourth-order valence-electron chi connectivity index (χ4n) is 2.18. The van der Waals surface area contributed by atoms with Crippen molar-refractivity contribution in [2.75, 3.05) is 0 Å². The fraction of sp³-hybridized carbons (Fsp3) is 0.188. The summed E-state index contributed by atoms with van der Waals surface area (Å²) in [6, 6.07) is 11.9. The maximum Gasteiger partial charge on any atom is 0.273 e. The second-order valence-corrected chi connectivity index (χ2v) is 5.87. The Hall–Kier alpha value is -2.21. The van der Waals surface area contributed by atoms with Crippen LogP contribution in [0.1, 0.15) is 34.5 Å². The van der Waals surface area contributed by atoms with E-state index in [4.69, 9.17) is 0 Å². The zero-order chi connectivity index (χ0) is 16.3. The van der Waals surface area contributed by atoms with Gasteiger partial charge in [-0.1, -0.05) is 34.1 Å². The monoisotopic (exact) mass is 362 g/mol. The summed E-state index contributed by atoms with van der Waals surface area (Å²) in [6.07, 6.45) is 0. The number of nitrogens with one attached hydrogen (secondary N) is 1. The number of carbonyl (C=O) groups is 1. The number of halogens is 1. The van der Waals surface area contributed by atoms with Crippen LogP contribution in [0.3, 0.4) is 0 Å². The minimum Gasteiger partial charge on any atom is -0.346 e. The molecule has 5 nitrogen and oxygen atoms in total. The van der Waals surface area contributed by atoms with Crippen LogP contribution >= 0.6 is 15.9 Å². The quantitative estimate of drug-likeness (QED) is 0.655. The lowest BCUT2D eigenvalue weighted by Crippen LogP contribution is -2.27. The summed E-state index contributed by atoms with van der Waals surface area (Å²) < 4.78 is 0.962. The molecule has 1 N–H and O–H groups in total. The topological polar surface area (TPSA) is 72.2 Å². The van der Waals surface area contributed by atoms with E-state index in [2.05, 4.69) is 21.2 Å². The maximum atomic E-state index is 12.3. The van der Waals surface area contributed by atoms with E-state index in [1.807, 2.05) is 31.2 Å². The standard InChI is InChI=1S/C16H15BrN2O3/c1-10-14(4-3-5-15(10)19(21)22)16(20)18-11(2)12-6-8-13(17)9-7-12/h3-9,11H,1-2H3,(H,18,20). The average molecular weight is 363 g/mol. The SMILES string of the molecule is Cc1c(C(=O)NC(C)c2ccc(Br)cc2)cccc1[N+](=O)[O-]. The molecule has 0 bridgehead atoms. The number of nitro groups is 1. The number of benzene rings is 2. The summed E-state index contributed by atoms with van der Waals surface area (Å²) in [5.74, 6) is -0.323. The average Bonchev–Trinajstić information content (AvgIpc) is 2.47. The first-order valence-corrected chi connectivity index (χ1v) is 7.49. The van der Waals surface area contributed by atoms with Gasteiger partial charge in [0.2, 0.25) is 0 Å². The van der Waals surface area contributed by atoms with Gasteiger partial charge in [-0.2, -0.15) is 0 Å². The molecule has 114 valence electrons. The molecule has 0 radical (unpaired) electrons. The van der Waals surface area contributed by atoms with Gasteiger partial charge in [-0.3, -0.25) is 14.9 Å². The first kappa shape index (κ1) is 16.2. The molecule has 1 amide bonds. The van der Waals surface area contributed by atoms with Gasteiger partial charge in [0.25, 0.3) is 11.6 Å². The van der Waals surface area contributed by atoms with Crippen molar-refractivity contribution in [3.05, 3.63) is 73.7 Å². The van der Waals surface area contributed by atoms with Gasteiger partial charge in [-0.15, -0.1) is 0 Å². The van der Waals surface area contributed by atoms with Crippen molar-refractivity contribution in [2.45, 2.75) is 19.9 Å². The molecule has 2 rings (SSSR count). The predicted molar refractivity (Wildman–Crippen MR) is 87.9 cm³/mol. The zero-order valence-corrected chi connectivity index (χ0v) is 13.8. The van der Waals surface area contributed by atoms with Gasteiger partial charge in [0.15, 0.2) is 0 Å². The van der Waals surface area contributed by atoms with E-state index in [0.717, 1.165) is 10.0 Å². The van der Waals surface area contributed by atoms with Crippen LogP contribution in [0.5, 0.6) is 0 Å². The molecule has 0 spiro atoms.